The largest absolute Gasteiger partial charge is 0.493 e. The number of anilines is 2. The van der Waals surface area contributed by atoms with Gasteiger partial charge in [0, 0.05) is 36.9 Å². The summed E-state index contributed by atoms with van der Waals surface area (Å²) in [7, 11) is 0. The second kappa shape index (κ2) is 9.79. The maximum absolute atomic E-state index is 12.5. The predicted molar refractivity (Wildman–Crippen MR) is 118 cm³/mol. The van der Waals surface area contributed by atoms with E-state index in [0.29, 0.717) is 19.1 Å². The Balaban J connectivity index is 1.22. The highest BCUT2D eigenvalue weighted by molar-refractivity contribution is 5.92. The van der Waals surface area contributed by atoms with E-state index < -0.39 is 0 Å². The van der Waals surface area contributed by atoms with Crippen molar-refractivity contribution in [1.82, 2.24) is 4.90 Å². The zero-order valence-electron chi connectivity index (χ0n) is 17.1. The number of hydrogen-bond acceptors (Lipinski definition) is 4. The summed E-state index contributed by atoms with van der Waals surface area (Å²) in [6.07, 6.45) is 4.81. The SMILES string of the molecule is O=C(CN1CCCC(COc2ccccc2)C1)Nc1ccc(N2CCCC2)cc1. The third-order valence-corrected chi connectivity index (χ3v) is 5.82. The van der Waals surface area contributed by atoms with Crippen molar-refractivity contribution in [2.75, 3.05) is 49.5 Å². The summed E-state index contributed by atoms with van der Waals surface area (Å²) < 4.78 is 5.92. The number of ether oxygens (including phenoxy) is 1. The number of nitrogens with zero attached hydrogens (tertiary/aromatic N) is 2. The van der Waals surface area contributed by atoms with E-state index in [1.807, 2.05) is 42.5 Å². The minimum Gasteiger partial charge on any atom is -0.493 e. The van der Waals surface area contributed by atoms with E-state index in [1.165, 1.54) is 18.5 Å². The zero-order chi connectivity index (χ0) is 19.9. The number of carbonyl (C=O) groups is 1. The molecule has 154 valence electrons. The molecule has 0 radical (unpaired) electrons. The number of benzene rings is 2. The Labute approximate surface area is 173 Å². The third kappa shape index (κ3) is 5.73. The molecule has 0 saturated carbocycles. The first-order valence-electron chi connectivity index (χ1n) is 10.8. The Morgan fingerprint density at radius 2 is 1.72 bits per heavy atom. The van der Waals surface area contributed by atoms with Crippen LogP contribution in [-0.2, 0) is 4.79 Å². The monoisotopic (exact) mass is 393 g/mol. The summed E-state index contributed by atoms with van der Waals surface area (Å²) in [6, 6.07) is 18.2. The normalized spacial score (nSPS) is 19.9. The van der Waals surface area contributed by atoms with E-state index in [1.54, 1.807) is 0 Å². The highest BCUT2D eigenvalue weighted by Gasteiger charge is 2.22. The molecule has 29 heavy (non-hydrogen) atoms. The van der Waals surface area contributed by atoms with E-state index in [0.717, 1.165) is 50.5 Å². The highest BCUT2D eigenvalue weighted by atomic mass is 16.5. The van der Waals surface area contributed by atoms with Crippen molar-refractivity contribution in [3.63, 3.8) is 0 Å². The van der Waals surface area contributed by atoms with Gasteiger partial charge in [-0.15, -0.1) is 0 Å². The quantitative estimate of drug-likeness (QED) is 0.772. The van der Waals surface area contributed by atoms with E-state index in [-0.39, 0.29) is 5.91 Å². The molecule has 5 nitrogen and oxygen atoms in total. The maximum Gasteiger partial charge on any atom is 0.238 e. The number of rotatable bonds is 7. The van der Waals surface area contributed by atoms with E-state index in [4.69, 9.17) is 4.74 Å². The fourth-order valence-corrected chi connectivity index (χ4v) is 4.30. The van der Waals surface area contributed by atoms with Gasteiger partial charge in [0.1, 0.15) is 5.75 Å². The van der Waals surface area contributed by atoms with Crippen molar-refractivity contribution in [3.8, 4) is 5.75 Å². The lowest BCUT2D eigenvalue weighted by Crippen LogP contribution is -2.42. The minimum atomic E-state index is 0.0588. The van der Waals surface area contributed by atoms with Crippen molar-refractivity contribution in [1.29, 1.82) is 0 Å². The van der Waals surface area contributed by atoms with E-state index in [2.05, 4.69) is 27.2 Å². The fourth-order valence-electron chi connectivity index (χ4n) is 4.30. The Bertz CT molecular complexity index is 772. The van der Waals surface area contributed by atoms with Crippen LogP contribution in [0.25, 0.3) is 0 Å². The van der Waals surface area contributed by atoms with Crippen molar-refractivity contribution in [3.05, 3.63) is 54.6 Å². The second-order valence-corrected chi connectivity index (χ2v) is 8.16. The van der Waals surface area contributed by atoms with Crippen molar-refractivity contribution in [2.24, 2.45) is 5.92 Å². The molecule has 2 saturated heterocycles. The van der Waals surface area contributed by atoms with Gasteiger partial charge in [-0.05, 0) is 68.6 Å². The molecular formula is C24H31N3O2. The van der Waals surface area contributed by atoms with Gasteiger partial charge in [0.2, 0.25) is 5.91 Å². The molecule has 5 heteroatoms. The molecule has 0 aliphatic carbocycles. The molecule has 1 N–H and O–H groups in total. The van der Waals surface area contributed by atoms with Crippen LogP contribution in [0.4, 0.5) is 11.4 Å². The summed E-state index contributed by atoms with van der Waals surface area (Å²) in [4.78, 5) is 17.2. The van der Waals surface area contributed by atoms with Gasteiger partial charge in [-0.25, -0.2) is 0 Å². The lowest BCUT2D eigenvalue weighted by molar-refractivity contribution is -0.117. The molecule has 2 aromatic rings. The topological polar surface area (TPSA) is 44.8 Å². The summed E-state index contributed by atoms with van der Waals surface area (Å²) in [5, 5.41) is 3.05. The number of amides is 1. The van der Waals surface area contributed by atoms with Crippen molar-refractivity contribution in [2.45, 2.75) is 25.7 Å². The van der Waals surface area contributed by atoms with E-state index >= 15 is 0 Å². The molecule has 1 amide bonds. The Morgan fingerprint density at radius 3 is 2.48 bits per heavy atom. The average molecular weight is 394 g/mol. The van der Waals surface area contributed by atoms with Crippen molar-refractivity contribution >= 4 is 17.3 Å². The van der Waals surface area contributed by atoms with Crippen LogP contribution in [0.2, 0.25) is 0 Å². The summed E-state index contributed by atoms with van der Waals surface area (Å²) >= 11 is 0. The van der Waals surface area contributed by atoms with Gasteiger partial charge < -0.3 is 15.0 Å². The second-order valence-electron chi connectivity index (χ2n) is 8.16. The molecule has 2 aliphatic rings. The van der Waals surface area contributed by atoms with Gasteiger partial charge in [0.15, 0.2) is 0 Å². The Hall–Kier alpha value is -2.53. The molecule has 1 atom stereocenters. The van der Waals surface area contributed by atoms with Gasteiger partial charge >= 0.3 is 0 Å². The number of carbonyl (C=O) groups excluding carboxylic acids is 1. The number of hydrogen-bond donors (Lipinski definition) is 1. The van der Waals surface area contributed by atoms with Crippen LogP contribution in [0.5, 0.6) is 5.75 Å². The first-order valence-corrected chi connectivity index (χ1v) is 10.8. The number of para-hydroxylation sites is 1. The molecule has 2 aromatic carbocycles. The van der Waals surface area contributed by atoms with Crippen LogP contribution in [0.15, 0.2) is 54.6 Å². The minimum absolute atomic E-state index is 0.0588. The van der Waals surface area contributed by atoms with Crippen LogP contribution < -0.4 is 15.0 Å². The molecule has 0 bridgehead atoms. The average Bonchev–Trinajstić information content (AvgIpc) is 3.29. The molecule has 2 aliphatic heterocycles. The molecule has 0 spiro atoms. The first-order chi connectivity index (χ1) is 14.3. The lowest BCUT2D eigenvalue weighted by atomic mass is 9.99. The lowest BCUT2D eigenvalue weighted by Gasteiger charge is -2.32. The smallest absolute Gasteiger partial charge is 0.238 e. The number of nitrogens with one attached hydrogen (secondary N) is 1. The summed E-state index contributed by atoms with van der Waals surface area (Å²) in [5.41, 5.74) is 2.12. The summed E-state index contributed by atoms with van der Waals surface area (Å²) in [5.74, 6) is 1.44. The summed E-state index contributed by atoms with van der Waals surface area (Å²) in [6.45, 7) is 5.30. The maximum atomic E-state index is 12.5. The van der Waals surface area contributed by atoms with Crippen LogP contribution in [0, 0.1) is 5.92 Å². The van der Waals surface area contributed by atoms with E-state index in [9.17, 15) is 4.79 Å². The van der Waals surface area contributed by atoms with Gasteiger partial charge in [0.25, 0.3) is 0 Å². The van der Waals surface area contributed by atoms with Crippen LogP contribution in [0.3, 0.4) is 0 Å². The van der Waals surface area contributed by atoms with Crippen molar-refractivity contribution < 1.29 is 9.53 Å². The standard InChI is InChI=1S/C24H31N3O2/c28-24(25-21-10-12-22(13-11-21)27-15-4-5-16-27)18-26-14-6-7-20(17-26)19-29-23-8-2-1-3-9-23/h1-3,8-13,20H,4-7,14-19H2,(H,25,28). The highest BCUT2D eigenvalue weighted by Crippen LogP contribution is 2.22. The van der Waals surface area contributed by atoms with Gasteiger partial charge in [0.05, 0.1) is 13.2 Å². The molecule has 2 fully saturated rings. The fraction of sp³-hybridized carbons (Fsp3) is 0.458. The number of likely N-dealkylation sites (tertiary alicyclic amines) is 1. The van der Waals surface area contributed by atoms with Crippen LogP contribution >= 0.6 is 0 Å². The zero-order valence-corrected chi connectivity index (χ0v) is 17.1. The molecule has 1 unspecified atom stereocenters. The molecular weight excluding hydrogens is 362 g/mol. The Morgan fingerprint density at radius 1 is 0.966 bits per heavy atom. The Kier molecular flexibility index (Phi) is 6.67. The third-order valence-electron chi connectivity index (χ3n) is 5.82. The molecule has 0 aromatic heterocycles. The molecule has 2 heterocycles. The van der Waals surface area contributed by atoms with Crippen LogP contribution in [0.1, 0.15) is 25.7 Å². The van der Waals surface area contributed by atoms with Gasteiger partial charge in [-0.2, -0.15) is 0 Å². The molecule has 4 rings (SSSR count). The predicted octanol–water partition coefficient (Wildman–Crippen LogP) is 4.02. The van der Waals surface area contributed by atoms with Gasteiger partial charge in [-0.3, -0.25) is 9.69 Å². The first kappa shape index (κ1) is 19.8. The van der Waals surface area contributed by atoms with Gasteiger partial charge in [-0.1, -0.05) is 18.2 Å². The number of piperidine rings is 1. The van der Waals surface area contributed by atoms with Crippen LogP contribution in [-0.4, -0.2) is 50.1 Å².